The van der Waals surface area contributed by atoms with Crippen LogP contribution in [0.4, 0.5) is 0 Å². The Morgan fingerprint density at radius 1 is 1.13 bits per heavy atom. The number of halogens is 1. The Balaban J connectivity index is 2.39. The third kappa shape index (κ3) is 1.42. The van der Waals surface area contributed by atoms with Crippen LogP contribution in [0.25, 0.3) is 10.8 Å². The summed E-state index contributed by atoms with van der Waals surface area (Å²) in [5.41, 5.74) is 2.44. The Labute approximate surface area is 101 Å². The molecule has 0 aromatic heterocycles. The summed E-state index contributed by atoms with van der Waals surface area (Å²) in [6.45, 7) is 0.573. The first-order chi connectivity index (χ1) is 7.36. The van der Waals surface area contributed by atoms with E-state index in [4.69, 9.17) is 4.84 Å². The highest BCUT2D eigenvalue weighted by molar-refractivity contribution is 14.1. The lowest BCUT2D eigenvalue weighted by molar-refractivity contribution is 0.128. The van der Waals surface area contributed by atoms with E-state index in [2.05, 4.69) is 64.1 Å². The van der Waals surface area contributed by atoms with Crippen LogP contribution in [0.1, 0.15) is 11.1 Å². The Morgan fingerprint density at radius 3 is 2.93 bits per heavy atom. The van der Waals surface area contributed by atoms with Crippen LogP contribution in [0.5, 0.6) is 0 Å². The van der Waals surface area contributed by atoms with Gasteiger partial charge in [-0.15, -0.1) is 0 Å². The largest absolute Gasteiger partial charge is 0.390 e. The average molecular weight is 309 g/mol. The highest BCUT2D eigenvalue weighted by Gasteiger charge is 2.15. The first-order valence-corrected chi connectivity index (χ1v) is 5.80. The van der Waals surface area contributed by atoms with Gasteiger partial charge in [0.1, 0.15) is 10.3 Å². The number of oxime groups is 1. The quantitative estimate of drug-likeness (QED) is 0.683. The van der Waals surface area contributed by atoms with Gasteiger partial charge in [0.05, 0.1) is 0 Å². The molecule has 2 nitrogen and oxygen atoms in total. The van der Waals surface area contributed by atoms with Gasteiger partial charge in [-0.3, -0.25) is 0 Å². The van der Waals surface area contributed by atoms with E-state index in [1.54, 1.807) is 0 Å². The maximum atomic E-state index is 5.20. The molecule has 0 atom stereocenters. The predicted molar refractivity (Wildman–Crippen MR) is 69.3 cm³/mol. The molecule has 1 aliphatic rings. The standard InChI is InChI=1S/C12H8INO/c13-12-10-6-5-8-3-1-2-4-9(8)11(10)7-15-14-12/h1-6H,7H2. The lowest BCUT2D eigenvalue weighted by Crippen LogP contribution is -2.06. The summed E-state index contributed by atoms with van der Waals surface area (Å²) < 4.78 is 0.930. The van der Waals surface area contributed by atoms with Gasteiger partial charge in [0.15, 0.2) is 0 Å². The monoisotopic (exact) mass is 309 g/mol. The molecule has 0 saturated carbocycles. The third-order valence-electron chi connectivity index (χ3n) is 2.62. The molecule has 0 spiro atoms. The molecule has 0 amide bonds. The van der Waals surface area contributed by atoms with Crippen LogP contribution in [0.15, 0.2) is 41.6 Å². The Bertz CT molecular complexity index is 563. The predicted octanol–water partition coefficient (Wildman–Crippen LogP) is 3.47. The van der Waals surface area contributed by atoms with Gasteiger partial charge in [-0.25, -0.2) is 0 Å². The van der Waals surface area contributed by atoms with Gasteiger partial charge in [0.25, 0.3) is 0 Å². The van der Waals surface area contributed by atoms with Crippen molar-refractivity contribution in [1.82, 2.24) is 0 Å². The summed E-state index contributed by atoms with van der Waals surface area (Å²) >= 11 is 2.21. The zero-order valence-electron chi connectivity index (χ0n) is 7.90. The van der Waals surface area contributed by atoms with Crippen molar-refractivity contribution in [1.29, 1.82) is 0 Å². The molecular formula is C12H8INO. The lowest BCUT2D eigenvalue weighted by Gasteiger charge is -2.15. The van der Waals surface area contributed by atoms with Crippen molar-refractivity contribution in [2.24, 2.45) is 5.16 Å². The second-order valence-corrected chi connectivity index (χ2v) is 4.49. The molecule has 0 bridgehead atoms. The van der Waals surface area contributed by atoms with Crippen LogP contribution < -0.4 is 0 Å². The Morgan fingerprint density at radius 2 is 2.00 bits per heavy atom. The van der Waals surface area contributed by atoms with Crippen molar-refractivity contribution >= 4 is 37.1 Å². The fourth-order valence-electron chi connectivity index (χ4n) is 1.89. The lowest BCUT2D eigenvalue weighted by atomic mass is 10.00. The molecule has 0 saturated heterocycles. The summed E-state index contributed by atoms with van der Waals surface area (Å²) in [4.78, 5) is 5.20. The summed E-state index contributed by atoms with van der Waals surface area (Å²) in [6.07, 6.45) is 0. The minimum atomic E-state index is 0.573. The van der Waals surface area contributed by atoms with E-state index in [-0.39, 0.29) is 0 Å². The van der Waals surface area contributed by atoms with E-state index in [1.807, 2.05) is 0 Å². The van der Waals surface area contributed by atoms with Crippen molar-refractivity contribution in [3.63, 3.8) is 0 Å². The van der Waals surface area contributed by atoms with Gasteiger partial charge in [0, 0.05) is 11.1 Å². The second kappa shape index (κ2) is 3.48. The van der Waals surface area contributed by atoms with E-state index in [0.29, 0.717) is 6.61 Å². The van der Waals surface area contributed by atoms with E-state index >= 15 is 0 Å². The zero-order chi connectivity index (χ0) is 10.3. The molecule has 0 aliphatic carbocycles. The van der Waals surface area contributed by atoms with Gasteiger partial charge in [-0.2, -0.15) is 0 Å². The van der Waals surface area contributed by atoms with Crippen LogP contribution in [0.2, 0.25) is 0 Å². The molecule has 1 aliphatic heterocycles. The molecule has 0 unspecified atom stereocenters. The van der Waals surface area contributed by atoms with Crippen molar-refractivity contribution in [3.8, 4) is 0 Å². The van der Waals surface area contributed by atoms with Gasteiger partial charge in [-0.05, 0) is 33.4 Å². The van der Waals surface area contributed by atoms with Gasteiger partial charge < -0.3 is 4.84 Å². The fourth-order valence-corrected chi connectivity index (χ4v) is 2.53. The zero-order valence-corrected chi connectivity index (χ0v) is 10.1. The van der Waals surface area contributed by atoms with Gasteiger partial charge >= 0.3 is 0 Å². The maximum Gasteiger partial charge on any atom is 0.148 e. The second-order valence-electron chi connectivity index (χ2n) is 3.47. The molecular weight excluding hydrogens is 301 g/mol. The summed E-state index contributed by atoms with van der Waals surface area (Å²) in [6, 6.07) is 12.6. The van der Waals surface area contributed by atoms with Crippen LogP contribution in [-0.4, -0.2) is 3.72 Å². The number of hydrogen-bond acceptors (Lipinski definition) is 2. The van der Waals surface area contributed by atoms with Crippen molar-refractivity contribution < 1.29 is 4.84 Å². The topological polar surface area (TPSA) is 21.6 Å². The minimum Gasteiger partial charge on any atom is -0.390 e. The summed E-state index contributed by atoms with van der Waals surface area (Å²) in [7, 11) is 0. The molecule has 2 aromatic carbocycles. The van der Waals surface area contributed by atoms with Crippen LogP contribution in [0, 0.1) is 0 Å². The SMILES string of the molecule is IC1=NOCc2c1ccc1ccccc21. The van der Waals surface area contributed by atoms with Crippen molar-refractivity contribution in [2.75, 3.05) is 0 Å². The highest BCUT2D eigenvalue weighted by Crippen LogP contribution is 2.27. The highest BCUT2D eigenvalue weighted by atomic mass is 127. The van der Waals surface area contributed by atoms with Gasteiger partial charge in [-0.1, -0.05) is 41.6 Å². The van der Waals surface area contributed by atoms with Crippen LogP contribution in [-0.2, 0) is 11.4 Å². The third-order valence-corrected chi connectivity index (χ3v) is 3.39. The minimum absolute atomic E-state index is 0.573. The number of rotatable bonds is 0. The molecule has 0 N–H and O–H groups in total. The van der Waals surface area contributed by atoms with Crippen molar-refractivity contribution in [3.05, 3.63) is 47.5 Å². The molecule has 1 heterocycles. The summed E-state index contributed by atoms with van der Waals surface area (Å²) in [5.74, 6) is 0. The molecule has 3 heteroatoms. The number of fused-ring (bicyclic) bond motifs is 3. The Hall–Kier alpha value is -1.10. The van der Waals surface area contributed by atoms with Gasteiger partial charge in [0.2, 0.25) is 0 Å². The van der Waals surface area contributed by atoms with E-state index in [9.17, 15) is 0 Å². The number of hydrogen-bond donors (Lipinski definition) is 0. The first kappa shape index (κ1) is 9.15. The van der Waals surface area contributed by atoms with E-state index in [0.717, 1.165) is 3.72 Å². The van der Waals surface area contributed by atoms with E-state index in [1.165, 1.54) is 21.9 Å². The maximum absolute atomic E-state index is 5.20. The van der Waals surface area contributed by atoms with Crippen molar-refractivity contribution in [2.45, 2.75) is 6.61 Å². The molecule has 74 valence electrons. The van der Waals surface area contributed by atoms with Crippen LogP contribution in [0.3, 0.4) is 0 Å². The number of benzene rings is 2. The molecule has 15 heavy (non-hydrogen) atoms. The normalized spacial score (nSPS) is 14.3. The molecule has 2 aromatic rings. The Kier molecular flexibility index (Phi) is 2.12. The van der Waals surface area contributed by atoms with E-state index < -0.39 is 0 Å². The van der Waals surface area contributed by atoms with Crippen LogP contribution >= 0.6 is 22.6 Å². The molecule has 0 fully saturated rings. The smallest absolute Gasteiger partial charge is 0.148 e. The number of nitrogens with zero attached hydrogens (tertiary/aromatic N) is 1. The fraction of sp³-hybridized carbons (Fsp3) is 0.0833. The molecule has 3 rings (SSSR count). The summed E-state index contributed by atoms with van der Waals surface area (Å²) in [5, 5.41) is 6.50. The first-order valence-electron chi connectivity index (χ1n) is 4.73. The average Bonchev–Trinajstić information content (AvgIpc) is 2.29. The molecule has 0 radical (unpaired) electrons.